The van der Waals surface area contributed by atoms with Crippen molar-refractivity contribution in [2.75, 3.05) is 40.8 Å². The largest absolute Gasteiger partial charge is 0.311 e. The van der Waals surface area contributed by atoms with Crippen LogP contribution in [-0.2, 0) is 13.0 Å². The molecule has 0 amide bonds. The van der Waals surface area contributed by atoms with E-state index in [1.54, 1.807) is 0 Å². The van der Waals surface area contributed by atoms with Crippen molar-refractivity contribution in [2.45, 2.75) is 25.8 Å². The number of likely N-dealkylation sites (N-methyl/N-ethyl adjacent to an activating group) is 1. The van der Waals surface area contributed by atoms with Crippen molar-refractivity contribution in [2.24, 2.45) is 5.92 Å². The second-order valence-electron chi connectivity index (χ2n) is 6.78. The van der Waals surface area contributed by atoms with Gasteiger partial charge < -0.3 is 14.4 Å². The Kier molecular flexibility index (Phi) is 4.74. The lowest BCUT2D eigenvalue weighted by atomic mass is 9.93. The molecule has 5 heteroatoms. The molecule has 0 radical (unpaired) electrons. The van der Waals surface area contributed by atoms with Crippen molar-refractivity contribution in [1.82, 2.24) is 24.3 Å². The van der Waals surface area contributed by atoms with Crippen LogP contribution in [0.25, 0.3) is 11.2 Å². The zero-order valence-electron chi connectivity index (χ0n) is 14.0. The molecule has 0 unspecified atom stereocenters. The van der Waals surface area contributed by atoms with Crippen molar-refractivity contribution in [3.8, 4) is 0 Å². The first-order chi connectivity index (χ1) is 10.6. The number of aromatic nitrogens is 3. The van der Waals surface area contributed by atoms with Crippen LogP contribution in [0.3, 0.4) is 0 Å². The zero-order chi connectivity index (χ0) is 15.5. The SMILES string of the molecule is CN(C)CCn1c(CC2CCN(C)CC2)nc2cccnc21. The fourth-order valence-corrected chi connectivity index (χ4v) is 3.22. The highest BCUT2D eigenvalue weighted by Gasteiger charge is 2.20. The summed E-state index contributed by atoms with van der Waals surface area (Å²) in [7, 11) is 6.44. The maximum Gasteiger partial charge on any atom is 0.160 e. The molecule has 0 bridgehead atoms. The third kappa shape index (κ3) is 3.47. The molecule has 0 N–H and O–H groups in total. The van der Waals surface area contributed by atoms with E-state index in [4.69, 9.17) is 4.98 Å². The lowest BCUT2D eigenvalue weighted by Gasteiger charge is -2.28. The van der Waals surface area contributed by atoms with Gasteiger partial charge in [0.2, 0.25) is 0 Å². The molecule has 1 saturated heterocycles. The van der Waals surface area contributed by atoms with Gasteiger partial charge in [-0.15, -0.1) is 0 Å². The Labute approximate surface area is 132 Å². The van der Waals surface area contributed by atoms with Crippen LogP contribution in [0.2, 0.25) is 0 Å². The van der Waals surface area contributed by atoms with E-state index >= 15 is 0 Å². The smallest absolute Gasteiger partial charge is 0.160 e. The lowest BCUT2D eigenvalue weighted by molar-refractivity contribution is 0.216. The second-order valence-corrected chi connectivity index (χ2v) is 6.78. The van der Waals surface area contributed by atoms with Gasteiger partial charge in [0.05, 0.1) is 0 Å². The first kappa shape index (κ1) is 15.4. The molecule has 2 aromatic heterocycles. The van der Waals surface area contributed by atoms with Gasteiger partial charge in [0.15, 0.2) is 5.65 Å². The Bertz CT molecular complexity index is 611. The summed E-state index contributed by atoms with van der Waals surface area (Å²) < 4.78 is 2.33. The van der Waals surface area contributed by atoms with Crippen LogP contribution >= 0.6 is 0 Å². The van der Waals surface area contributed by atoms with Crippen LogP contribution in [0, 0.1) is 5.92 Å². The zero-order valence-corrected chi connectivity index (χ0v) is 14.0. The van der Waals surface area contributed by atoms with Crippen LogP contribution in [0.5, 0.6) is 0 Å². The number of imidazole rings is 1. The van der Waals surface area contributed by atoms with Crippen LogP contribution in [0.1, 0.15) is 18.7 Å². The molecule has 3 rings (SSSR count). The summed E-state index contributed by atoms with van der Waals surface area (Å²) in [5.41, 5.74) is 2.07. The quantitative estimate of drug-likeness (QED) is 0.845. The average Bonchev–Trinajstić information content (AvgIpc) is 2.85. The molecule has 22 heavy (non-hydrogen) atoms. The van der Waals surface area contributed by atoms with E-state index in [1.165, 1.54) is 31.8 Å². The second kappa shape index (κ2) is 6.75. The highest BCUT2D eigenvalue weighted by atomic mass is 15.2. The summed E-state index contributed by atoms with van der Waals surface area (Å²) in [5, 5.41) is 0. The van der Waals surface area contributed by atoms with Gasteiger partial charge in [-0.25, -0.2) is 9.97 Å². The van der Waals surface area contributed by atoms with Crippen LogP contribution in [0.15, 0.2) is 18.3 Å². The minimum absolute atomic E-state index is 0.756. The van der Waals surface area contributed by atoms with Gasteiger partial charge in [-0.1, -0.05) is 0 Å². The van der Waals surface area contributed by atoms with Crippen LogP contribution < -0.4 is 0 Å². The number of rotatable bonds is 5. The van der Waals surface area contributed by atoms with Gasteiger partial charge in [-0.05, 0) is 65.1 Å². The molecule has 120 valence electrons. The summed E-state index contributed by atoms with van der Waals surface area (Å²) in [5.74, 6) is 1.97. The Balaban J connectivity index is 1.82. The molecule has 0 saturated carbocycles. The third-order valence-electron chi connectivity index (χ3n) is 4.66. The molecule has 1 fully saturated rings. The molecule has 5 nitrogen and oxygen atoms in total. The van der Waals surface area contributed by atoms with Gasteiger partial charge in [0.1, 0.15) is 11.3 Å². The maximum atomic E-state index is 4.87. The third-order valence-corrected chi connectivity index (χ3v) is 4.66. The van der Waals surface area contributed by atoms with E-state index in [0.29, 0.717) is 0 Å². The fourth-order valence-electron chi connectivity index (χ4n) is 3.22. The molecule has 2 aromatic rings. The molecular weight excluding hydrogens is 274 g/mol. The highest BCUT2D eigenvalue weighted by molar-refractivity contribution is 5.71. The number of hydrogen-bond donors (Lipinski definition) is 0. The van der Waals surface area contributed by atoms with Gasteiger partial charge in [-0.2, -0.15) is 0 Å². The minimum atomic E-state index is 0.756. The van der Waals surface area contributed by atoms with E-state index in [2.05, 4.69) is 46.6 Å². The van der Waals surface area contributed by atoms with E-state index in [1.807, 2.05) is 12.3 Å². The number of likely N-dealkylation sites (tertiary alicyclic amines) is 1. The monoisotopic (exact) mass is 301 g/mol. The average molecular weight is 301 g/mol. The van der Waals surface area contributed by atoms with Crippen LogP contribution in [0.4, 0.5) is 0 Å². The molecule has 1 aliphatic heterocycles. The van der Waals surface area contributed by atoms with Crippen molar-refractivity contribution in [3.63, 3.8) is 0 Å². The summed E-state index contributed by atoms with van der Waals surface area (Å²) in [6, 6.07) is 4.05. The Morgan fingerprint density at radius 2 is 2.05 bits per heavy atom. The van der Waals surface area contributed by atoms with E-state index in [-0.39, 0.29) is 0 Å². The van der Waals surface area contributed by atoms with Gasteiger partial charge in [0.25, 0.3) is 0 Å². The summed E-state index contributed by atoms with van der Waals surface area (Å²) in [4.78, 5) is 14.1. The molecule has 0 aromatic carbocycles. The predicted molar refractivity (Wildman–Crippen MR) is 90.0 cm³/mol. The molecule has 0 atom stereocenters. The first-order valence-corrected chi connectivity index (χ1v) is 8.27. The van der Waals surface area contributed by atoms with Crippen molar-refractivity contribution < 1.29 is 0 Å². The standard InChI is InChI=1S/C17H27N5/c1-20(2)11-12-22-16(13-14-6-9-21(3)10-7-14)19-15-5-4-8-18-17(15)22/h4-5,8,14H,6-7,9-13H2,1-3H3. The highest BCUT2D eigenvalue weighted by Crippen LogP contribution is 2.23. The Morgan fingerprint density at radius 1 is 1.27 bits per heavy atom. The predicted octanol–water partition coefficient (Wildman–Crippen LogP) is 1.88. The number of nitrogens with zero attached hydrogens (tertiary/aromatic N) is 5. The number of piperidine rings is 1. The Morgan fingerprint density at radius 3 is 2.77 bits per heavy atom. The normalized spacial score (nSPS) is 17.6. The first-order valence-electron chi connectivity index (χ1n) is 8.27. The number of hydrogen-bond acceptors (Lipinski definition) is 4. The molecule has 1 aliphatic rings. The molecule has 0 spiro atoms. The number of fused-ring (bicyclic) bond motifs is 1. The Hall–Kier alpha value is -1.46. The van der Waals surface area contributed by atoms with Crippen LogP contribution in [-0.4, -0.2) is 65.1 Å². The minimum Gasteiger partial charge on any atom is -0.311 e. The van der Waals surface area contributed by atoms with Crippen molar-refractivity contribution in [1.29, 1.82) is 0 Å². The molecule has 3 heterocycles. The van der Waals surface area contributed by atoms with Crippen molar-refractivity contribution >= 4 is 11.2 Å². The summed E-state index contributed by atoms with van der Waals surface area (Å²) in [6.45, 7) is 4.40. The van der Waals surface area contributed by atoms with Gasteiger partial charge in [0, 0.05) is 25.7 Å². The fraction of sp³-hybridized carbons (Fsp3) is 0.647. The van der Waals surface area contributed by atoms with E-state index < -0.39 is 0 Å². The van der Waals surface area contributed by atoms with E-state index in [0.717, 1.165) is 36.6 Å². The summed E-state index contributed by atoms with van der Waals surface area (Å²) in [6.07, 6.45) is 5.51. The van der Waals surface area contributed by atoms with Gasteiger partial charge in [-0.3, -0.25) is 0 Å². The number of pyridine rings is 1. The topological polar surface area (TPSA) is 37.2 Å². The van der Waals surface area contributed by atoms with Crippen molar-refractivity contribution in [3.05, 3.63) is 24.2 Å². The molecular formula is C17H27N5. The maximum absolute atomic E-state index is 4.87. The van der Waals surface area contributed by atoms with E-state index in [9.17, 15) is 0 Å². The van der Waals surface area contributed by atoms with Gasteiger partial charge >= 0.3 is 0 Å². The molecule has 0 aliphatic carbocycles. The summed E-state index contributed by atoms with van der Waals surface area (Å²) >= 11 is 0. The lowest BCUT2D eigenvalue weighted by Crippen LogP contribution is -2.31.